The van der Waals surface area contributed by atoms with Gasteiger partial charge >= 0.3 is 17.1 Å². The Morgan fingerprint density at radius 1 is 0.176 bits per heavy atom. The summed E-state index contributed by atoms with van der Waals surface area (Å²) in [5.41, 5.74) is 71.7. The molecular weight excluding hydrogens is 1310 g/mol. The maximum Gasteiger partial charge on any atom is 0.331 e. The Hall–Kier alpha value is -12.8. The van der Waals surface area contributed by atoms with Crippen LogP contribution in [0.2, 0.25) is 0 Å². The van der Waals surface area contributed by atoms with Gasteiger partial charge in [0.15, 0.2) is 0 Å². The SMILES string of the molecule is Cc1cc(C)c(-c2c3ccccc3c(C(=[N+]=[N-])c3c(C)cc(-c4cc(-c5cc(C)c(C(=[N+]=[N-])c6c7ccccc7c(-c7c(C)cc(C)cc7C)c7ccccc67)c(C)c5)cc(-c5cc(C)c(C(=[N+]=[N-])c6c7ccccc7c(-c7c(C)cc(C)cc7C)c7ccccc67)c(C)c5)c4)cc3C)c3ccccc23)c(C)c1. The predicted octanol–water partition coefficient (Wildman–Crippen LogP) is 26.4. The van der Waals surface area contributed by atoms with Crippen molar-refractivity contribution in [2.45, 2.75) is 104 Å². The van der Waals surface area contributed by atoms with Crippen molar-refractivity contribution in [1.29, 1.82) is 0 Å². The molecular formula is C102H84N6. The highest BCUT2D eigenvalue weighted by Crippen LogP contribution is 2.49. The van der Waals surface area contributed by atoms with E-state index in [4.69, 9.17) is 0 Å². The predicted molar refractivity (Wildman–Crippen MR) is 455 cm³/mol. The van der Waals surface area contributed by atoms with Crippen LogP contribution >= 0.6 is 0 Å². The van der Waals surface area contributed by atoms with Gasteiger partial charge in [-0.15, -0.1) is 0 Å². The van der Waals surface area contributed by atoms with E-state index in [9.17, 15) is 16.6 Å². The Balaban J connectivity index is 0.873. The zero-order valence-electron chi connectivity index (χ0n) is 64.2. The Bertz CT molecular complexity index is 5830. The second-order valence-electron chi connectivity index (χ2n) is 30.4. The highest BCUT2D eigenvalue weighted by atomic mass is 14.9. The summed E-state index contributed by atoms with van der Waals surface area (Å²) in [6, 6.07) is 85.3. The molecule has 0 fully saturated rings. The Labute approximate surface area is 632 Å². The van der Waals surface area contributed by atoms with Gasteiger partial charge in [0.2, 0.25) is 0 Å². The summed E-state index contributed by atoms with van der Waals surface area (Å²) < 4.78 is 0. The number of benzene rings is 16. The van der Waals surface area contributed by atoms with Gasteiger partial charge in [0.1, 0.15) is 0 Å². The van der Waals surface area contributed by atoms with Crippen LogP contribution in [0.15, 0.2) is 237 Å². The minimum atomic E-state index is 0.512. The van der Waals surface area contributed by atoms with Crippen molar-refractivity contribution in [2.24, 2.45) is 0 Å². The van der Waals surface area contributed by atoms with E-state index in [1.807, 2.05) is 0 Å². The summed E-state index contributed by atoms with van der Waals surface area (Å²) in [5, 5.41) is 12.6. The maximum atomic E-state index is 11.7. The average Bonchev–Trinajstić information content (AvgIpc) is 0.734. The summed E-state index contributed by atoms with van der Waals surface area (Å²) in [5.74, 6) is 0. The van der Waals surface area contributed by atoms with E-state index in [1.54, 1.807) is 0 Å². The van der Waals surface area contributed by atoms with Crippen molar-refractivity contribution in [3.05, 3.63) is 370 Å². The highest BCUT2D eigenvalue weighted by molar-refractivity contribution is 6.32. The molecule has 16 aromatic rings. The molecule has 0 amide bonds. The van der Waals surface area contributed by atoms with Crippen molar-refractivity contribution < 1.29 is 14.4 Å². The standard InChI is InChI=1S/C102H84N6/c1-55-40-58(4)88(59(5)41-55)94-76-28-16-22-34-82(76)97(83-35-23-17-29-77(83)94)100(106-103)91-64(10)46-70(47-65(91)11)73-52-74(71-48-66(12)92(67(13)49-71)101(107-104)98-84-36-24-18-30-78(84)95(79-31-19-25-37-85(79)98)89-60(6)42-56(2)43-61(89)7)54-75(53-73)72-50-68(14)93(69(15)51-72)102(108-105)99-86-38-26-20-32-80(86)96(81-33-21-27-39-87(81)99)90-62(8)44-57(3)45-63(90)9/h16-54H,1-15H3. The first-order valence-electron chi connectivity index (χ1n) is 37.4. The van der Waals surface area contributed by atoms with Crippen LogP contribution in [0.25, 0.3) is 148 Å². The Kier molecular flexibility index (Phi) is 17.6. The van der Waals surface area contributed by atoms with Crippen LogP contribution in [0.5, 0.6) is 0 Å². The van der Waals surface area contributed by atoms with Gasteiger partial charge in [-0.3, -0.25) is 0 Å². The van der Waals surface area contributed by atoms with Gasteiger partial charge in [-0.25, -0.2) is 0 Å². The largest absolute Gasteiger partial charge is 0.361 e. The normalized spacial score (nSPS) is 11.5. The summed E-state index contributed by atoms with van der Waals surface area (Å²) in [6.45, 7) is 32.5. The van der Waals surface area contributed by atoms with Crippen LogP contribution in [-0.2, 0) is 0 Å². The third kappa shape index (κ3) is 11.4. The second-order valence-corrected chi connectivity index (χ2v) is 30.4. The van der Waals surface area contributed by atoms with Gasteiger partial charge in [0.05, 0.1) is 33.4 Å². The lowest BCUT2D eigenvalue weighted by Gasteiger charge is -2.20. The van der Waals surface area contributed by atoms with Crippen LogP contribution in [-0.4, -0.2) is 31.5 Å². The Morgan fingerprint density at radius 3 is 0.500 bits per heavy atom. The van der Waals surface area contributed by atoms with E-state index in [0.29, 0.717) is 17.1 Å². The van der Waals surface area contributed by atoms with Crippen molar-refractivity contribution in [1.82, 2.24) is 0 Å². The van der Waals surface area contributed by atoms with Crippen LogP contribution < -0.4 is 0 Å². The average molecular weight is 1390 g/mol. The smallest absolute Gasteiger partial charge is 0.331 e. The molecule has 0 bridgehead atoms. The minimum absolute atomic E-state index is 0.512. The van der Waals surface area contributed by atoms with E-state index in [1.165, 1.54) is 83.5 Å². The van der Waals surface area contributed by atoms with Crippen LogP contribution in [0.4, 0.5) is 0 Å². The molecule has 108 heavy (non-hydrogen) atoms. The molecule has 0 radical (unpaired) electrons. The molecule has 16 aromatic carbocycles. The molecule has 0 aromatic heterocycles. The van der Waals surface area contributed by atoms with Crippen molar-refractivity contribution in [2.75, 3.05) is 0 Å². The zero-order valence-corrected chi connectivity index (χ0v) is 64.2. The molecule has 0 aliphatic carbocycles. The first-order valence-corrected chi connectivity index (χ1v) is 37.4. The third-order valence-electron chi connectivity index (χ3n) is 22.8. The molecule has 0 aliphatic rings. The second kappa shape index (κ2) is 27.3. The molecule has 0 atom stereocenters. The van der Waals surface area contributed by atoms with Crippen molar-refractivity contribution >= 4 is 81.8 Å². The fraction of sp³-hybridized carbons (Fsp3) is 0.147. The molecule has 0 unspecified atom stereocenters. The van der Waals surface area contributed by atoms with Crippen LogP contribution in [0, 0.1) is 104 Å². The number of rotatable bonds is 12. The van der Waals surface area contributed by atoms with E-state index in [-0.39, 0.29) is 0 Å². The zero-order chi connectivity index (χ0) is 75.4. The molecule has 0 saturated carbocycles. The lowest BCUT2D eigenvalue weighted by molar-refractivity contribution is -0.00310. The van der Waals surface area contributed by atoms with Gasteiger partial charge in [0, 0.05) is 0 Å². The number of nitrogens with zero attached hydrogens (tertiary/aromatic N) is 6. The van der Waals surface area contributed by atoms with Gasteiger partial charge in [0.25, 0.3) is 0 Å². The van der Waals surface area contributed by atoms with E-state index in [2.05, 4.69) is 355 Å². The number of fused-ring (bicyclic) bond motifs is 6. The molecule has 522 valence electrons. The Morgan fingerprint density at radius 2 is 0.333 bits per heavy atom. The molecule has 0 aliphatic heterocycles. The number of hydrogen-bond donors (Lipinski definition) is 0. The molecule has 6 nitrogen and oxygen atoms in total. The van der Waals surface area contributed by atoms with E-state index < -0.39 is 0 Å². The minimum Gasteiger partial charge on any atom is -0.361 e. The van der Waals surface area contributed by atoms with Crippen LogP contribution in [0.1, 0.15) is 117 Å². The molecule has 16 rings (SSSR count). The fourth-order valence-corrected chi connectivity index (χ4v) is 19.0. The van der Waals surface area contributed by atoms with Gasteiger partial charge in [-0.2, -0.15) is 14.4 Å². The van der Waals surface area contributed by atoms with E-state index >= 15 is 0 Å². The van der Waals surface area contributed by atoms with Crippen molar-refractivity contribution in [3.8, 4) is 66.8 Å². The van der Waals surface area contributed by atoms with Gasteiger partial charge < -0.3 is 16.6 Å². The maximum absolute atomic E-state index is 11.7. The van der Waals surface area contributed by atoms with Crippen LogP contribution in [0.3, 0.4) is 0 Å². The fourth-order valence-electron chi connectivity index (χ4n) is 19.0. The summed E-state index contributed by atoms with van der Waals surface area (Å²) >= 11 is 0. The van der Waals surface area contributed by atoms with Gasteiger partial charge in [-0.1, -0.05) is 235 Å². The molecule has 0 heterocycles. The first-order chi connectivity index (χ1) is 52.2. The molecule has 0 saturated heterocycles. The topological polar surface area (TPSA) is 109 Å². The first kappa shape index (κ1) is 69.6. The molecule has 6 heteroatoms. The van der Waals surface area contributed by atoms with Crippen molar-refractivity contribution in [3.63, 3.8) is 0 Å². The summed E-state index contributed by atoms with van der Waals surface area (Å²) in [7, 11) is 0. The third-order valence-corrected chi connectivity index (χ3v) is 22.8. The molecule has 0 spiro atoms. The lowest BCUT2D eigenvalue weighted by Crippen LogP contribution is -2.12. The van der Waals surface area contributed by atoms with E-state index in [0.717, 1.165) is 165 Å². The molecule has 0 N–H and O–H groups in total. The summed E-state index contributed by atoms with van der Waals surface area (Å²) in [6.07, 6.45) is 0. The number of hydrogen-bond acceptors (Lipinski definition) is 0. The van der Waals surface area contributed by atoms with Gasteiger partial charge in [-0.05, 0) is 320 Å². The lowest BCUT2D eigenvalue weighted by atomic mass is 9.81. The highest BCUT2D eigenvalue weighted by Gasteiger charge is 2.33. The monoisotopic (exact) mass is 1390 g/mol. The number of aryl methyl sites for hydroxylation is 15. The quantitative estimate of drug-likeness (QED) is 0.0503. The summed E-state index contributed by atoms with van der Waals surface area (Å²) in [4.78, 5) is 12.9.